The van der Waals surface area contributed by atoms with E-state index < -0.39 is 5.97 Å². The van der Waals surface area contributed by atoms with E-state index in [0.717, 1.165) is 12.8 Å². The minimum atomic E-state index is -0.505. The maximum Gasteiger partial charge on any atom is 0.339 e. The topological polar surface area (TPSA) is 83.0 Å². The van der Waals surface area contributed by atoms with Crippen LogP contribution in [0.15, 0.2) is 18.5 Å². The molecule has 0 radical (unpaired) electrons. The van der Waals surface area contributed by atoms with Gasteiger partial charge in [-0.2, -0.15) is 0 Å². The van der Waals surface area contributed by atoms with Gasteiger partial charge in [0.2, 0.25) is 0 Å². The van der Waals surface area contributed by atoms with Gasteiger partial charge in [0.05, 0.1) is 24.3 Å². The predicted octanol–water partition coefficient (Wildman–Crippen LogP) is 0.641. The number of aliphatic hydroxyl groups excluding tert-OH is 1. The summed E-state index contributed by atoms with van der Waals surface area (Å²) in [5.41, 5.74) is 0.666. The van der Waals surface area contributed by atoms with E-state index in [9.17, 15) is 14.7 Å². The van der Waals surface area contributed by atoms with E-state index in [4.69, 9.17) is 0 Å². The molecular weight excluding hydrogens is 322 g/mol. The second-order valence-corrected chi connectivity index (χ2v) is 7.25. The Morgan fingerprint density at radius 3 is 2.48 bits per heavy atom. The quantitative estimate of drug-likeness (QED) is 0.808. The highest BCUT2D eigenvalue weighted by Crippen LogP contribution is 2.38. The summed E-state index contributed by atoms with van der Waals surface area (Å²) in [5, 5.41) is 10.3. The number of methoxy groups -OCH3 is 1. The summed E-state index contributed by atoms with van der Waals surface area (Å²) in [4.78, 5) is 32.3. The van der Waals surface area contributed by atoms with Crippen LogP contribution in [0.25, 0.3) is 0 Å². The molecule has 7 heteroatoms. The summed E-state index contributed by atoms with van der Waals surface area (Å²) >= 11 is 0. The number of esters is 1. The number of carbonyl (C=O) groups is 2. The van der Waals surface area contributed by atoms with Crippen LogP contribution in [0.5, 0.6) is 0 Å². The van der Waals surface area contributed by atoms with E-state index in [-0.39, 0.29) is 23.6 Å². The van der Waals surface area contributed by atoms with Crippen LogP contribution < -0.4 is 0 Å². The normalized spacial score (nSPS) is 28.8. The molecule has 1 aliphatic heterocycles. The van der Waals surface area contributed by atoms with Crippen LogP contribution in [0.4, 0.5) is 0 Å². The first-order chi connectivity index (χ1) is 11.9. The largest absolute Gasteiger partial charge is 0.465 e. The molecule has 4 atom stereocenters. The second-order valence-electron chi connectivity index (χ2n) is 7.25. The number of likely N-dealkylation sites (N-methyl/N-ethyl adjacent to an activating group) is 1. The van der Waals surface area contributed by atoms with Crippen LogP contribution >= 0.6 is 0 Å². The van der Waals surface area contributed by atoms with Gasteiger partial charge in [0.25, 0.3) is 5.91 Å². The third-order valence-corrected chi connectivity index (χ3v) is 5.47. The highest BCUT2D eigenvalue weighted by Gasteiger charge is 2.43. The highest BCUT2D eigenvalue weighted by molar-refractivity contribution is 5.97. The Morgan fingerprint density at radius 1 is 1.20 bits per heavy atom. The summed E-state index contributed by atoms with van der Waals surface area (Å²) in [7, 11) is 5.26. The van der Waals surface area contributed by atoms with Gasteiger partial charge in [-0.1, -0.05) is 0 Å². The molecule has 2 fully saturated rings. The molecule has 1 N–H and O–H groups in total. The summed E-state index contributed by atoms with van der Waals surface area (Å²) in [6, 6.07) is 1.67. The third-order valence-electron chi connectivity index (χ3n) is 5.47. The molecule has 1 saturated carbocycles. The molecule has 2 heterocycles. The second kappa shape index (κ2) is 7.09. The predicted molar refractivity (Wildman–Crippen MR) is 91.2 cm³/mol. The van der Waals surface area contributed by atoms with Gasteiger partial charge in [-0.25, -0.2) is 4.79 Å². The number of ether oxygens (including phenoxy) is 1. The molecule has 0 aromatic carbocycles. The highest BCUT2D eigenvalue weighted by atomic mass is 16.5. The Bertz CT molecular complexity index is 663. The number of hydrogen-bond acceptors (Lipinski definition) is 6. The molecule has 0 bridgehead atoms. The van der Waals surface area contributed by atoms with Crippen molar-refractivity contribution in [1.29, 1.82) is 0 Å². The lowest BCUT2D eigenvalue weighted by Gasteiger charge is -2.38. The molecule has 2 aliphatic rings. The Hall–Kier alpha value is -1.99. The molecule has 1 aromatic rings. The van der Waals surface area contributed by atoms with Gasteiger partial charge >= 0.3 is 5.97 Å². The maximum absolute atomic E-state index is 12.8. The maximum atomic E-state index is 12.8. The van der Waals surface area contributed by atoms with Gasteiger partial charge in [0, 0.05) is 31.5 Å². The van der Waals surface area contributed by atoms with Crippen LogP contribution in [0, 0.1) is 11.8 Å². The number of carbonyl (C=O) groups excluding carboxylic acids is 2. The van der Waals surface area contributed by atoms with Gasteiger partial charge in [-0.3, -0.25) is 9.78 Å². The molecule has 0 spiro atoms. The van der Waals surface area contributed by atoms with Crippen LogP contribution in [0.3, 0.4) is 0 Å². The van der Waals surface area contributed by atoms with Crippen LogP contribution in [0.1, 0.15) is 33.6 Å². The molecule has 0 unspecified atom stereocenters. The van der Waals surface area contributed by atoms with Gasteiger partial charge < -0.3 is 19.6 Å². The Labute approximate surface area is 147 Å². The van der Waals surface area contributed by atoms with Crippen molar-refractivity contribution in [3.8, 4) is 0 Å². The average molecular weight is 347 g/mol. The minimum absolute atomic E-state index is 0.122. The number of hydrogen-bond donors (Lipinski definition) is 1. The SMILES string of the molecule is COC(=O)c1cncc(C(=O)N2C[C@H]3C[C@@H](N(C)C)[C@H](O)C[C@H]3C2)c1. The monoisotopic (exact) mass is 347 g/mol. The summed E-state index contributed by atoms with van der Waals surface area (Å²) in [6.45, 7) is 1.33. The number of nitrogens with zero attached hydrogens (tertiary/aromatic N) is 3. The van der Waals surface area contributed by atoms with Crippen molar-refractivity contribution < 1.29 is 19.4 Å². The lowest BCUT2D eigenvalue weighted by atomic mass is 9.77. The van der Waals surface area contributed by atoms with Crippen LogP contribution in [0.2, 0.25) is 0 Å². The van der Waals surface area contributed by atoms with Crippen molar-refractivity contribution in [1.82, 2.24) is 14.8 Å². The first kappa shape index (κ1) is 17.8. The molecular formula is C18H25N3O4. The number of pyridine rings is 1. The molecule has 1 amide bonds. The fourth-order valence-corrected chi connectivity index (χ4v) is 4.10. The third kappa shape index (κ3) is 3.52. The van der Waals surface area contributed by atoms with Crippen molar-refractivity contribution in [3.63, 3.8) is 0 Å². The molecule has 3 rings (SSSR count). The zero-order chi connectivity index (χ0) is 18.1. The first-order valence-electron chi connectivity index (χ1n) is 8.57. The van der Waals surface area contributed by atoms with E-state index >= 15 is 0 Å². The van der Waals surface area contributed by atoms with Crippen molar-refractivity contribution in [2.75, 3.05) is 34.3 Å². The number of aliphatic hydroxyl groups is 1. The average Bonchev–Trinajstić information content (AvgIpc) is 3.02. The Morgan fingerprint density at radius 2 is 1.84 bits per heavy atom. The van der Waals surface area contributed by atoms with Gasteiger partial charge in [-0.15, -0.1) is 0 Å². The zero-order valence-electron chi connectivity index (χ0n) is 14.9. The van der Waals surface area contributed by atoms with E-state index in [0.29, 0.717) is 30.5 Å². The first-order valence-corrected chi connectivity index (χ1v) is 8.57. The number of aromatic nitrogens is 1. The van der Waals surface area contributed by atoms with Gasteiger partial charge in [-0.05, 0) is 44.8 Å². The summed E-state index contributed by atoms with van der Waals surface area (Å²) < 4.78 is 4.68. The number of amides is 1. The minimum Gasteiger partial charge on any atom is -0.465 e. The number of likely N-dealkylation sites (tertiary alicyclic amines) is 1. The number of rotatable bonds is 3. The molecule has 1 saturated heterocycles. The molecule has 25 heavy (non-hydrogen) atoms. The lowest BCUT2D eigenvalue weighted by molar-refractivity contribution is 0.00940. The molecule has 7 nitrogen and oxygen atoms in total. The summed E-state index contributed by atoms with van der Waals surface area (Å²) in [5.74, 6) is 0.0983. The lowest BCUT2D eigenvalue weighted by Crippen LogP contribution is -2.46. The number of fused-ring (bicyclic) bond motifs is 1. The van der Waals surface area contributed by atoms with Crippen LogP contribution in [-0.2, 0) is 4.74 Å². The van der Waals surface area contributed by atoms with E-state index in [1.807, 2.05) is 19.0 Å². The Kier molecular flexibility index (Phi) is 5.06. The summed E-state index contributed by atoms with van der Waals surface area (Å²) in [6.07, 6.45) is 4.13. The van der Waals surface area contributed by atoms with Crippen LogP contribution in [-0.4, -0.2) is 78.2 Å². The zero-order valence-corrected chi connectivity index (χ0v) is 14.9. The molecule has 1 aliphatic carbocycles. The molecule has 1 aromatic heterocycles. The van der Waals surface area contributed by atoms with Crippen molar-refractivity contribution in [2.24, 2.45) is 11.8 Å². The van der Waals surface area contributed by atoms with Crippen molar-refractivity contribution >= 4 is 11.9 Å². The fourth-order valence-electron chi connectivity index (χ4n) is 4.10. The van der Waals surface area contributed by atoms with Crippen molar-refractivity contribution in [2.45, 2.75) is 25.0 Å². The standard InChI is InChI=1S/C18H25N3O4/c1-20(2)15-5-13-9-21(10-14(13)6-16(15)22)17(23)11-4-12(8-19-7-11)18(24)25-3/h4,7-8,13-16,22H,5-6,9-10H2,1-3H3/t13-,14+,15-,16-/m1/s1. The van der Waals surface area contributed by atoms with Crippen molar-refractivity contribution in [3.05, 3.63) is 29.6 Å². The Balaban J connectivity index is 1.72. The van der Waals surface area contributed by atoms with E-state index in [1.54, 1.807) is 0 Å². The fraction of sp³-hybridized carbons (Fsp3) is 0.611. The molecule has 136 valence electrons. The van der Waals surface area contributed by atoms with E-state index in [1.165, 1.54) is 25.6 Å². The van der Waals surface area contributed by atoms with Gasteiger partial charge in [0.15, 0.2) is 0 Å². The van der Waals surface area contributed by atoms with Gasteiger partial charge in [0.1, 0.15) is 0 Å². The smallest absolute Gasteiger partial charge is 0.339 e. The van der Waals surface area contributed by atoms with E-state index in [2.05, 4.69) is 14.6 Å².